The maximum atomic E-state index is 10.6. The molecule has 0 saturated carbocycles. The standard InChI is InChI=1S/C10H19NO2/c1-4-11-6-5-8(7-9(12)13)10(11,2)3/h8H,4-7H2,1-3H3,(H,12,13). The molecule has 0 aromatic rings. The molecule has 0 aromatic heterocycles. The summed E-state index contributed by atoms with van der Waals surface area (Å²) in [6.45, 7) is 8.49. The molecule has 3 nitrogen and oxygen atoms in total. The van der Waals surface area contributed by atoms with Crippen molar-refractivity contribution in [3.63, 3.8) is 0 Å². The fraction of sp³-hybridized carbons (Fsp3) is 0.900. The van der Waals surface area contributed by atoms with Crippen LogP contribution in [0.2, 0.25) is 0 Å². The average Bonchev–Trinajstić information content (AvgIpc) is 2.26. The molecule has 1 atom stereocenters. The highest BCUT2D eigenvalue weighted by atomic mass is 16.4. The number of rotatable bonds is 3. The Labute approximate surface area is 79.7 Å². The van der Waals surface area contributed by atoms with Gasteiger partial charge in [0.2, 0.25) is 0 Å². The first-order valence-electron chi connectivity index (χ1n) is 4.95. The van der Waals surface area contributed by atoms with E-state index in [1.54, 1.807) is 0 Å². The van der Waals surface area contributed by atoms with E-state index in [0.717, 1.165) is 19.5 Å². The summed E-state index contributed by atoms with van der Waals surface area (Å²) in [5.41, 5.74) is 0.0626. The molecule has 13 heavy (non-hydrogen) atoms. The smallest absolute Gasteiger partial charge is 0.303 e. The van der Waals surface area contributed by atoms with Crippen LogP contribution in [-0.4, -0.2) is 34.6 Å². The quantitative estimate of drug-likeness (QED) is 0.725. The van der Waals surface area contributed by atoms with Crippen molar-refractivity contribution >= 4 is 5.97 Å². The SMILES string of the molecule is CCN1CCC(CC(=O)O)C1(C)C. The van der Waals surface area contributed by atoms with E-state index in [2.05, 4.69) is 25.7 Å². The lowest BCUT2D eigenvalue weighted by atomic mass is 9.86. The number of likely N-dealkylation sites (tertiary alicyclic amines) is 1. The number of carboxylic acids is 1. The first-order chi connectivity index (χ1) is 5.98. The van der Waals surface area contributed by atoms with E-state index < -0.39 is 5.97 Å². The summed E-state index contributed by atoms with van der Waals surface area (Å²) >= 11 is 0. The van der Waals surface area contributed by atoms with Gasteiger partial charge in [0.15, 0.2) is 0 Å². The Bertz CT molecular complexity index is 201. The van der Waals surface area contributed by atoms with Crippen molar-refractivity contribution in [2.24, 2.45) is 5.92 Å². The minimum Gasteiger partial charge on any atom is -0.481 e. The van der Waals surface area contributed by atoms with Crippen LogP contribution < -0.4 is 0 Å². The Morgan fingerprint density at radius 2 is 2.23 bits per heavy atom. The molecule has 1 N–H and O–H groups in total. The normalized spacial score (nSPS) is 27.8. The monoisotopic (exact) mass is 185 g/mol. The van der Waals surface area contributed by atoms with Crippen molar-refractivity contribution in [1.82, 2.24) is 4.90 Å². The van der Waals surface area contributed by atoms with Gasteiger partial charge in [-0.25, -0.2) is 0 Å². The van der Waals surface area contributed by atoms with Crippen LogP contribution in [0.3, 0.4) is 0 Å². The van der Waals surface area contributed by atoms with E-state index >= 15 is 0 Å². The highest BCUT2D eigenvalue weighted by molar-refractivity contribution is 5.67. The lowest BCUT2D eigenvalue weighted by Crippen LogP contribution is -2.42. The van der Waals surface area contributed by atoms with Crippen molar-refractivity contribution in [2.45, 2.75) is 39.2 Å². The fourth-order valence-electron chi connectivity index (χ4n) is 2.34. The third-order valence-electron chi connectivity index (χ3n) is 3.36. The van der Waals surface area contributed by atoms with Gasteiger partial charge in [-0.2, -0.15) is 0 Å². The second-order valence-electron chi connectivity index (χ2n) is 4.32. The summed E-state index contributed by atoms with van der Waals surface area (Å²) < 4.78 is 0. The number of carboxylic acid groups (broad SMARTS) is 1. The van der Waals surface area contributed by atoms with Crippen LogP contribution >= 0.6 is 0 Å². The lowest BCUT2D eigenvalue weighted by molar-refractivity contribution is -0.138. The van der Waals surface area contributed by atoms with Crippen molar-refractivity contribution in [2.75, 3.05) is 13.1 Å². The van der Waals surface area contributed by atoms with Gasteiger partial charge < -0.3 is 5.11 Å². The highest BCUT2D eigenvalue weighted by Gasteiger charge is 2.40. The van der Waals surface area contributed by atoms with Gasteiger partial charge in [-0.3, -0.25) is 9.69 Å². The molecule has 0 aromatic carbocycles. The zero-order chi connectivity index (χ0) is 10.1. The van der Waals surface area contributed by atoms with E-state index in [0.29, 0.717) is 12.3 Å². The molecule has 1 unspecified atom stereocenters. The Morgan fingerprint density at radius 3 is 2.62 bits per heavy atom. The maximum Gasteiger partial charge on any atom is 0.303 e. The van der Waals surface area contributed by atoms with Gasteiger partial charge in [0.05, 0.1) is 0 Å². The molecule has 76 valence electrons. The molecule has 1 aliphatic rings. The van der Waals surface area contributed by atoms with E-state index in [1.165, 1.54) is 0 Å². The van der Waals surface area contributed by atoms with Gasteiger partial charge in [0.1, 0.15) is 0 Å². The molecule has 0 radical (unpaired) electrons. The summed E-state index contributed by atoms with van der Waals surface area (Å²) in [7, 11) is 0. The van der Waals surface area contributed by atoms with Crippen molar-refractivity contribution < 1.29 is 9.90 Å². The Hall–Kier alpha value is -0.570. The molecule has 0 bridgehead atoms. The topological polar surface area (TPSA) is 40.5 Å². The van der Waals surface area contributed by atoms with Crippen molar-refractivity contribution in [1.29, 1.82) is 0 Å². The van der Waals surface area contributed by atoms with Gasteiger partial charge in [0.25, 0.3) is 0 Å². The molecule has 1 aliphatic heterocycles. The third-order valence-corrected chi connectivity index (χ3v) is 3.36. The predicted octanol–water partition coefficient (Wildman–Crippen LogP) is 1.58. The summed E-state index contributed by atoms with van der Waals surface area (Å²) in [6, 6.07) is 0. The maximum absolute atomic E-state index is 10.6. The molecular weight excluding hydrogens is 166 g/mol. The molecule has 1 rings (SSSR count). The Balaban J connectivity index is 2.64. The number of carbonyl (C=O) groups is 1. The molecule has 1 saturated heterocycles. The number of hydrogen-bond donors (Lipinski definition) is 1. The molecule has 3 heteroatoms. The third kappa shape index (κ3) is 2.02. The van der Waals surface area contributed by atoms with Crippen LogP contribution in [0.4, 0.5) is 0 Å². The van der Waals surface area contributed by atoms with Crippen LogP contribution in [0, 0.1) is 5.92 Å². The second kappa shape index (κ2) is 3.66. The molecule has 1 fully saturated rings. The van der Waals surface area contributed by atoms with Crippen LogP contribution in [0.5, 0.6) is 0 Å². The van der Waals surface area contributed by atoms with Crippen LogP contribution in [0.15, 0.2) is 0 Å². The fourth-order valence-corrected chi connectivity index (χ4v) is 2.34. The summed E-state index contributed by atoms with van der Waals surface area (Å²) in [5.74, 6) is -0.360. The molecule has 0 spiro atoms. The van der Waals surface area contributed by atoms with Gasteiger partial charge in [-0.1, -0.05) is 6.92 Å². The van der Waals surface area contributed by atoms with Gasteiger partial charge in [-0.05, 0) is 39.3 Å². The van der Waals surface area contributed by atoms with E-state index in [9.17, 15) is 4.79 Å². The lowest BCUT2D eigenvalue weighted by Gasteiger charge is -2.34. The predicted molar refractivity (Wildman–Crippen MR) is 51.7 cm³/mol. The van der Waals surface area contributed by atoms with Gasteiger partial charge >= 0.3 is 5.97 Å². The van der Waals surface area contributed by atoms with Crippen molar-refractivity contribution in [3.05, 3.63) is 0 Å². The van der Waals surface area contributed by atoms with Gasteiger partial charge in [-0.15, -0.1) is 0 Å². The minimum absolute atomic E-state index is 0.0626. The molecule has 1 heterocycles. The van der Waals surface area contributed by atoms with E-state index in [1.807, 2.05) is 0 Å². The minimum atomic E-state index is -0.670. The number of hydrogen-bond acceptors (Lipinski definition) is 2. The van der Waals surface area contributed by atoms with Crippen molar-refractivity contribution in [3.8, 4) is 0 Å². The van der Waals surface area contributed by atoms with E-state index in [4.69, 9.17) is 5.11 Å². The number of aliphatic carboxylic acids is 1. The van der Waals surface area contributed by atoms with Crippen LogP contribution in [0.25, 0.3) is 0 Å². The zero-order valence-corrected chi connectivity index (χ0v) is 8.71. The Kier molecular flexibility index (Phi) is 2.96. The zero-order valence-electron chi connectivity index (χ0n) is 8.71. The molecule has 0 aliphatic carbocycles. The molecule has 0 amide bonds. The highest BCUT2D eigenvalue weighted by Crippen LogP contribution is 2.36. The Morgan fingerprint density at radius 1 is 1.62 bits per heavy atom. The van der Waals surface area contributed by atoms with Crippen LogP contribution in [0.1, 0.15) is 33.6 Å². The number of nitrogens with zero attached hydrogens (tertiary/aromatic N) is 1. The van der Waals surface area contributed by atoms with E-state index in [-0.39, 0.29) is 5.54 Å². The average molecular weight is 185 g/mol. The first-order valence-corrected chi connectivity index (χ1v) is 4.95. The summed E-state index contributed by atoms with van der Waals surface area (Å²) in [5, 5.41) is 8.75. The first kappa shape index (κ1) is 10.5. The largest absolute Gasteiger partial charge is 0.481 e. The second-order valence-corrected chi connectivity index (χ2v) is 4.32. The summed E-state index contributed by atoms with van der Waals surface area (Å²) in [4.78, 5) is 13.0. The van der Waals surface area contributed by atoms with Gasteiger partial charge in [0, 0.05) is 12.0 Å². The summed E-state index contributed by atoms with van der Waals surface area (Å²) in [6.07, 6.45) is 1.33. The molecular formula is C10H19NO2. The van der Waals surface area contributed by atoms with Crippen LogP contribution in [-0.2, 0) is 4.79 Å².